The predicted octanol–water partition coefficient (Wildman–Crippen LogP) is -0.491. The molecule has 1 aromatic rings. The van der Waals surface area contributed by atoms with E-state index in [0.717, 1.165) is 5.06 Å². The van der Waals surface area contributed by atoms with E-state index in [1.54, 1.807) is 24.3 Å². The van der Waals surface area contributed by atoms with Gasteiger partial charge in [0, 0.05) is 10.7 Å². The average molecular weight is 393 g/mol. The number of amides is 2. The van der Waals surface area contributed by atoms with Gasteiger partial charge in [-0.15, -0.1) is 0 Å². The van der Waals surface area contributed by atoms with E-state index in [1.165, 1.54) is 7.11 Å². The molecule has 2 amide bonds. The Balaban J connectivity index is 1.92. The second kappa shape index (κ2) is 9.44. The highest BCUT2D eigenvalue weighted by Crippen LogP contribution is 2.22. The minimum Gasteiger partial charge on any atom is -0.394 e. The average Bonchev–Trinajstić information content (AvgIpc) is 2.64. The molecule has 1 aliphatic rings. The first kappa shape index (κ1) is 20.8. The zero-order chi connectivity index (χ0) is 19.3. The number of hydrogen-bond acceptors (Lipinski definition) is 8. The van der Waals surface area contributed by atoms with Gasteiger partial charge < -0.3 is 35.2 Å². The lowest BCUT2D eigenvalue weighted by Crippen LogP contribution is -2.59. The zero-order valence-corrected chi connectivity index (χ0v) is 14.6. The van der Waals surface area contributed by atoms with E-state index in [1.807, 2.05) is 0 Å². The van der Waals surface area contributed by atoms with Gasteiger partial charge in [0.05, 0.1) is 13.7 Å². The number of carbonyl (C=O) groups excluding carboxylic acids is 1. The number of anilines is 1. The van der Waals surface area contributed by atoms with Crippen LogP contribution in [0, 0.1) is 0 Å². The van der Waals surface area contributed by atoms with Gasteiger partial charge in [-0.1, -0.05) is 11.6 Å². The highest BCUT2D eigenvalue weighted by atomic mass is 35.5. The lowest BCUT2D eigenvalue weighted by atomic mass is 9.99. The standard InChI is InChI=1S/C15H21ClN2O8/c1-24-18(15(23)17-9-4-2-8(16)3-5-9)7-25-14-13(22)12(21)11(20)10(6-19)26-14/h2-5,10-14,19-22H,6-7H2,1H3,(H,17,23)/t10-,11-,12+,13-,14-/m1/s1. The fourth-order valence-corrected chi connectivity index (χ4v) is 2.39. The number of aliphatic hydroxyl groups is 4. The number of hydroxylamine groups is 2. The number of urea groups is 1. The Bertz CT molecular complexity index is 588. The Morgan fingerprint density at radius 1 is 1.23 bits per heavy atom. The van der Waals surface area contributed by atoms with E-state index < -0.39 is 50.1 Å². The van der Waals surface area contributed by atoms with Crippen LogP contribution in [0.1, 0.15) is 0 Å². The van der Waals surface area contributed by atoms with Crippen LogP contribution in [-0.2, 0) is 14.3 Å². The molecule has 0 aliphatic carbocycles. The highest BCUT2D eigenvalue weighted by Gasteiger charge is 2.44. The Labute approximate surface area is 154 Å². The Kier molecular flexibility index (Phi) is 7.55. The van der Waals surface area contributed by atoms with Crippen molar-refractivity contribution in [3.63, 3.8) is 0 Å². The minimum absolute atomic E-state index is 0.460. The number of aliphatic hydroxyl groups excluding tert-OH is 4. The van der Waals surface area contributed by atoms with Crippen LogP contribution in [0.4, 0.5) is 10.5 Å². The van der Waals surface area contributed by atoms with Gasteiger partial charge in [-0.05, 0) is 24.3 Å². The molecule has 0 spiro atoms. The second-order valence-electron chi connectivity index (χ2n) is 5.49. The number of nitrogens with zero attached hydrogens (tertiary/aromatic N) is 1. The smallest absolute Gasteiger partial charge is 0.348 e. The second-order valence-corrected chi connectivity index (χ2v) is 5.93. The third-order valence-corrected chi connectivity index (χ3v) is 4.00. The van der Waals surface area contributed by atoms with Crippen LogP contribution in [0.25, 0.3) is 0 Å². The molecule has 0 saturated carbocycles. The van der Waals surface area contributed by atoms with E-state index >= 15 is 0 Å². The first-order valence-electron chi connectivity index (χ1n) is 7.67. The van der Waals surface area contributed by atoms with E-state index in [2.05, 4.69) is 5.32 Å². The quantitative estimate of drug-likeness (QED) is 0.322. The van der Waals surface area contributed by atoms with E-state index in [0.29, 0.717) is 10.7 Å². The van der Waals surface area contributed by atoms with Crippen molar-refractivity contribution in [3.8, 4) is 0 Å². The summed E-state index contributed by atoms with van der Waals surface area (Å²) in [4.78, 5) is 17.1. The molecule has 1 aliphatic heterocycles. The summed E-state index contributed by atoms with van der Waals surface area (Å²) >= 11 is 5.77. The first-order chi connectivity index (χ1) is 12.4. The molecule has 2 rings (SSSR count). The van der Waals surface area contributed by atoms with Gasteiger partial charge in [-0.2, -0.15) is 5.06 Å². The van der Waals surface area contributed by atoms with Crippen molar-refractivity contribution in [2.24, 2.45) is 0 Å². The normalized spacial score (nSPS) is 28.6. The topological polar surface area (TPSA) is 141 Å². The zero-order valence-electron chi connectivity index (χ0n) is 13.9. The summed E-state index contributed by atoms with van der Waals surface area (Å²) in [6, 6.07) is 5.70. The fourth-order valence-electron chi connectivity index (χ4n) is 2.26. The molecule has 1 fully saturated rings. The molecule has 5 N–H and O–H groups in total. The summed E-state index contributed by atoms with van der Waals surface area (Å²) in [5.41, 5.74) is 0.467. The molecular weight excluding hydrogens is 372 g/mol. The maximum Gasteiger partial charge on any atom is 0.348 e. The minimum atomic E-state index is -1.58. The van der Waals surface area contributed by atoms with Crippen LogP contribution in [-0.4, -0.2) is 82.7 Å². The SMILES string of the molecule is CON(CO[C@@H]1O[C@H](CO)[C@@H](O)[C@H](O)[C@H]1O)C(=O)Nc1ccc(Cl)cc1. The summed E-state index contributed by atoms with van der Waals surface area (Å²) < 4.78 is 10.4. The van der Waals surface area contributed by atoms with Gasteiger partial charge in [0.15, 0.2) is 13.0 Å². The van der Waals surface area contributed by atoms with Crippen LogP contribution in [0.15, 0.2) is 24.3 Å². The molecule has 1 aromatic carbocycles. The Morgan fingerprint density at radius 2 is 1.88 bits per heavy atom. The number of rotatable bonds is 6. The van der Waals surface area contributed by atoms with Gasteiger partial charge in [0.25, 0.3) is 0 Å². The molecule has 10 nitrogen and oxygen atoms in total. The van der Waals surface area contributed by atoms with Crippen LogP contribution in [0.2, 0.25) is 5.02 Å². The monoisotopic (exact) mass is 392 g/mol. The molecule has 0 radical (unpaired) electrons. The Morgan fingerprint density at radius 3 is 2.46 bits per heavy atom. The van der Waals surface area contributed by atoms with Gasteiger partial charge in [0.1, 0.15) is 24.4 Å². The molecule has 1 saturated heterocycles. The molecule has 5 atom stereocenters. The largest absolute Gasteiger partial charge is 0.394 e. The number of nitrogens with one attached hydrogen (secondary N) is 1. The van der Waals surface area contributed by atoms with E-state index in [4.69, 9.17) is 31.0 Å². The van der Waals surface area contributed by atoms with Crippen LogP contribution in [0.5, 0.6) is 0 Å². The molecule has 0 unspecified atom stereocenters. The van der Waals surface area contributed by atoms with Gasteiger partial charge >= 0.3 is 6.03 Å². The summed E-state index contributed by atoms with van der Waals surface area (Å²) in [5.74, 6) is 0. The lowest BCUT2D eigenvalue weighted by Gasteiger charge is -2.39. The lowest BCUT2D eigenvalue weighted by molar-refractivity contribution is -0.317. The van der Waals surface area contributed by atoms with E-state index in [9.17, 15) is 20.1 Å². The Hall–Kier alpha value is -1.50. The van der Waals surface area contributed by atoms with Crippen molar-refractivity contribution in [2.75, 3.05) is 25.8 Å². The van der Waals surface area contributed by atoms with Crippen LogP contribution < -0.4 is 5.32 Å². The highest BCUT2D eigenvalue weighted by molar-refractivity contribution is 6.30. The maximum atomic E-state index is 12.2. The van der Waals surface area contributed by atoms with Crippen molar-refractivity contribution < 1.29 is 39.5 Å². The molecular formula is C15H21ClN2O8. The van der Waals surface area contributed by atoms with Gasteiger partial charge in [0.2, 0.25) is 0 Å². The van der Waals surface area contributed by atoms with Crippen LogP contribution >= 0.6 is 11.6 Å². The molecule has 11 heteroatoms. The van der Waals surface area contributed by atoms with Crippen molar-refractivity contribution in [1.29, 1.82) is 0 Å². The molecule has 146 valence electrons. The molecule has 1 heterocycles. The first-order valence-corrected chi connectivity index (χ1v) is 8.05. The van der Waals surface area contributed by atoms with Crippen molar-refractivity contribution in [3.05, 3.63) is 29.3 Å². The summed E-state index contributed by atoms with van der Waals surface area (Å²) in [5, 5.41) is 42.3. The maximum absolute atomic E-state index is 12.2. The molecule has 0 aromatic heterocycles. The third kappa shape index (κ3) is 5.02. The van der Waals surface area contributed by atoms with Gasteiger partial charge in [-0.3, -0.25) is 4.84 Å². The number of halogens is 1. The molecule has 0 bridgehead atoms. The predicted molar refractivity (Wildman–Crippen MR) is 89.0 cm³/mol. The van der Waals surface area contributed by atoms with E-state index in [-0.39, 0.29) is 0 Å². The number of benzene rings is 1. The molecule has 26 heavy (non-hydrogen) atoms. The summed E-state index contributed by atoms with van der Waals surface area (Å²) in [6.45, 7) is -1.05. The van der Waals surface area contributed by atoms with Crippen molar-refractivity contribution >= 4 is 23.3 Å². The number of carbonyl (C=O) groups is 1. The number of ether oxygens (including phenoxy) is 2. The summed E-state index contributed by atoms with van der Waals surface area (Å²) in [6.07, 6.45) is -7.15. The van der Waals surface area contributed by atoms with Crippen molar-refractivity contribution in [2.45, 2.75) is 30.7 Å². The number of hydrogen-bond donors (Lipinski definition) is 5. The van der Waals surface area contributed by atoms with Gasteiger partial charge in [-0.25, -0.2) is 4.79 Å². The van der Waals surface area contributed by atoms with Crippen LogP contribution in [0.3, 0.4) is 0 Å². The fraction of sp³-hybridized carbons (Fsp3) is 0.533. The summed E-state index contributed by atoms with van der Waals surface area (Å²) in [7, 11) is 1.23. The van der Waals surface area contributed by atoms with Crippen molar-refractivity contribution in [1.82, 2.24) is 5.06 Å². The third-order valence-electron chi connectivity index (χ3n) is 3.75.